The molecule has 2 nitrogen and oxygen atoms in total. The summed E-state index contributed by atoms with van der Waals surface area (Å²) in [5.41, 5.74) is 2.42. The van der Waals surface area contributed by atoms with Crippen LogP contribution in [0.15, 0.2) is 46.9 Å². The second-order valence-corrected chi connectivity index (χ2v) is 4.92. The predicted molar refractivity (Wildman–Crippen MR) is 76.0 cm³/mol. The molecule has 0 bridgehead atoms. The van der Waals surface area contributed by atoms with Crippen molar-refractivity contribution in [2.75, 3.05) is 0 Å². The van der Waals surface area contributed by atoms with Gasteiger partial charge in [0.05, 0.1) is 0 Å². The van der Waals surface area contributed by atoms with Gasteiger partial charge in [-0.2, -0.15) is 0 Å². The van der Waals surface area contributed by atoms with Gasteiger partial charge in [-0.25, -0.2) is 0 Å². The average Bonchev–Trinajstić information content (AvgIpc) is 2.39. The van der Waals surface area contributed by atoms with Crippen LogP contribution < -0.4 is 4.74 Å². The highest BCUT2D eigenvalue weighted by Gasteiger charge is 2.01. The Hall–Kier alpha value is -1.48. The van der Waals surface area contributed by atoms with Crippen molar-refractivity contribution in [3.8, 4) is 11.5 Å². The standard InChI is InChI=1S/C15H15BrO2/c1-2-12-9-11(3-8-15(12)16)10-18-14-6-4-13(17)5-7-14/h3-9,17H,2,10H2,1H3. The smallest absolute Gasteiger partial charge is 0.120 e. The Bertz CT molecular complexity index is 521. The summed E-state index contributed by atoms with van der Waals surface area (Å²) in [6, 6.07) is 13.0. The average molecular weight is 307 g/mol. The number of aromatic hydroxyl groups is 1. The maximum Gasteiger partial charge on any atom is 0.120 e. The van der Waals surface area contributed by atoms with Crippen LogP contribution in [0.5, 0.6) is 11.5 Å². The molecule has 0 aromatic heterocycles. The van der Waals surface area contributed by atoms with E-state index in [0.717, 1.165) is 22.2 Å². The van der Waals surface area contributed by atoms with Crippen molar-refractivity contribution in [1.29, 1.82) is 0 Å². The molecule has 1 N–H and O–H groups in total. The van der Waals surface area contributed by atoms with Gasteiger partial charge in [-0.1, -0.05) is 35.0 Å². The first-order valence-corrected chi connectivity index (χ1v) is 6.67. The molecule has 0 heterocycles. The van der Waals surface area contributed by atoms with Gasteiger partial charge in [0.1, 0.15) is 18.1 Å². The maximum atomic E-state index is 9.18. The molecule has 0 radical (unpaired) electrons. The largest absolute Gasteiger partial charge is 0.508 e. The third kappa shape index (κ3) is 3.26. The molecule has 0 aliphatic carbocycles. The second-order valence-electron chi connectivity index (χ2n) is 4.06. The van der Waals surface area contributed by atoms with E-state index in [9.17, 15) is 5.11 Å². The number of phenols is 1. The van der Waals surface area contributed by atoms with E-state index in [0.29, 0.717) is 6.61 Å². The van der Waals surface area contributed by atoms with E-state index < -0.39 is 0 Å². The number of hydrogen-bond donors (Lipinski definition) is 1. The van der Waals surface area contributed by atoms with Gasteiger partial charge in [0.15, 0.2) is 0 Å². The van der Waals surface area contributed by atoms with Crippen LogP contribution in [-0.2, 0) is 13.0 Å². The predicted octanol–water partition coefficient (Wildman–Crippen LogP) is 4.30. The third-order valence-corrected chi connectivity index (χ3v) is 3.51. The molecule has 2 aromatic carbocycles. The van der Waals surface area contributed by atoms with Crippen molar-refractivity contribution in [3.05, 3.63) is 58.1 Å². The minimum Gasteiger partial charge on any atom is -0.508 e. The fraction of sp³-hybridized carbons (Fsp3) is 0.200. The van der Waals surface area contributed by atoms with Gasteiger partial charge >= 0.3 is 0 Å². The zero-order valence-electron chi connectivity index (χ0n) is 10.2. The summed E-state index contributed by atoms with van der Waals surface area (Å²) < 4.78 is 6.80. The quantitative estimate of drug-likeness (QED) is 0.912. The van der Waals surface area contributed by atoms with E-state index in [-0.39, 0.29) is 5.75 Å². The number of rotatable bonds is 4. The Balaban J connectivity index is 2.04. The molecular formula is C15H15BrO2. The van der Waals surface area contributed by atoms with Gasteiger partial charge in [-0.15, -0.1) is 0 Å². The molecule has 0 amide bonds. The number of phenolic OH excluding ortho intramolecular Hbond substituents is 1. The summed E-state index contributed by atoms with van der Waals surface area (Å²) in [5, 5.41) is 9.18. The van der Waals surface area contributed by atoms with E-state index in [2.05, 4.69) is 28.9 Å². The van der Waals surface area contributed by atoms with E-state index >= 15 is 0 Å². The lowest BCUT2D eigenvalue weighted by Gasteiger charge is -2.08. The van der Waals surface area contributed by atoms with E-state index in [1.165, 1.54) is 5.56 Å². The van der Waals surface area contributed by atoms with Crippen LogP contribution in [0.1, 0.15) is 18.1 Å². The Labute approximate surface area is 115 Å². The van der Waals surface area contributed by atoms with Crippen LogP contribution >= 0.6 is 15.9 Å². The second kappa shape index (κ2) is 5.91. The minimum atomic E-state index is 0.249. The lowest BCUT2D eigenvalue weighted by Crippen LogP contribution is -1.96. The summed E-state index contributed by atoms with van der Waals surface area (Å²) in [4.78, 5) is 0. The van der Waals surface area contributed by atoms with Gasteiger partial charge in [-0.05, 0) is 47.9 Å². The molecule has 94 valence electrons. The zero-order valence-corrected chi connectivity index (χ0v) is 11.8. The first kappa shape index (κ1) is 13.0. The SMILES string of the molecule is CCc1cc(COc2ccc(O)cc2)ccc1Br. The lowest BCUT2D eigenvalue weighted by molar-refractivity contribution is 0.305. The highest BCUT2D eigenvalue weighted by Crippen LogP contribution is 2.21. The molecule has 0 saturated carbocycles. The number of hydrogen-bond acceptors (Lipinski definition) is 2. The van der Waals surface area contributed by atoms with Crippen LogP contribution in [0.4, 0.5) is 0 Å². The topological polar surface area (TPSA) is 29.5 Å². The van der Waals surface area contributed by atoms with Crippen molar-refractivity contribution in [2.45, 2.75) is 20.0 Å². The molecular weight excluding hydrogens is 292 g/mol. The van der Waals surface area contributed by atoms with E-state index in [4.69, 9.17) is 4.74 Å². The summed E-state index contributed by atoms with van der Waals surface area (Å²) in [6.07, 6.45) is 0.994. The Kier molecular flexibility index (Phi) is 4.26. The van der Waals surface area contributed by atoms with Crippen molar-refractivity contribution >= 4 is 15.9 Å². The van der Waals surface area contributed by atoms with E-state index in [1.807, 2.05) is 12.1 Å². The first-order chi connectivity index (χ1) is 8.69. The van der Waals surface area contributed by atoms with Crippen molar-refractivity contribution in [3.63, 3.8) is 0 Å². The molecule has 2 rings (SSSR count). The fourth-order valence-corrected chi connectivity index (χ4v) is 2.22. The Morgan fingerprint density at radius 1 is 1.11 bits per heavy atom. The van der Waals surface area contributed by atoms with Crippen LogP contribution in [0.3, 0.4) is 0 Å². The maximum absolute atomic E-state index is 9.18. The summed E-state index contributed by atoms with van der Waals surface area (Å²) in [7, 11) is 0. The number of ether oxygens (including phenoxy) is 1. The lowest BCUT2D eigenvalue weighted by atomic mass is 10.1. The fourth-order valence-electron chi connectivity index (χ4n) is 1.70. The van der Waals surface area contributed by atoms with Gasteiger partial charge in [0.25, 0.3) is 0 Å². The molecule has 0 fully saturated rings. The van der Waals surface area contributed by atoms with Crippen LogP contribution in [0.25, 0.3) is 0 Å². The van der Waals surface area contributed by atoms with Crippen LogP contribution in [0.2, 0.25) is 0 Å². The number of aryl methyl sites for hydroxylation is 1. The molecule has 0 saturated heterocycles. The highest BCUT2D eigenvalue weighted by molar-refractivity contribution is 9.10. The van der Waals surface area contributed by atoms with Crippen LogP contribution in [0, 0.1) is 0 Å². The summed E-state index contributed by atoms with van der Waals surface area (Å²) in [6.45, 7) is 2.66. The van der Waals surface area contributed by atoms with Gasteiger partial charge in [0.2, 0.25) is 0 Å². The van der Waals surface area contributed by atoms with Crippen LogP contribution in [-0.4, -0.2) is 5.11 Å². The van der Waals surface area contributed by atoms with Gasteiger partial charge in [0, 0.05) is 4.47 Å². The van der Waals surface area contributed by atoms with Crippen molar-refractivity contribution < 1.29 is 9.84 Å². The number of halogens is 1. The zero-order chi connectivity index (χ0) is 13.0. The van der Waals surface area contributed by atoms with E-state index in [1.54, 1.807) is 24.3 Å². The molecule has 3 heteroatoms. The molecule has 2 aromatic rings. The van der Waals surface area contributed by atoms with Crippen molar-refractivity contribution in [1.82, 2.24) is 0 Å². The number of benzene rings is 2. The summed E-state index contributed by atoms with van der Waals surface area (Å²) in [5.74, 6) is 1.01. The van der Waals surface area contributed by atoms with Gasteiger partial charge < -0.3 is 9.84 Å². The molecule has 0 aliphatic rings. The Morgan fingerprint density at radius 3 is 2.50 bits per heavy atom. The minimum absolute atomic E-state index is 0.249. The highest BCUT2D eigenvalue weighted by atomic mass is 79.9. The normalized spacial score (nSPS) is 10.3. The Morgan fingerprint density at radius 2 is 1.83 bits per heavy atom. The van der Waals surface area contributed by atoms with Crippen molar-refractivity contribution in [2.24, 2.45) is 0 Å². The molecule has 18 heavy (non-hydrogen) atoms. The third-order valence-electron chi connectivity index (χ3n) is 2.73. The summed E-state index contributed by atoms with van der Waals surface area (Å²) >= 11 is 3.53. The molecule has 0 aliphatic heterocycles. The molecule has 0 spiro atoms. The monoisotopic (exact) mass is 306 g/mol. The molecule has 0 atom stereocenters. The molecule has 0 unspecified atom stereocenters. The first-order valence-electron chi connectivity index (χ1n) is 5.88. The van der Waals surface area contributed by atoms with Gasteiger partial charge in [-0.3, -0.25) is 0 Å².